The average Bonchev–Trinajstić information content (AvgIpc) is 2.40. The van der Waals surface area contributed by atoms with Gasteiger partial charge in [0.15, 0.2) is 0 Å². The predicted molar refractivity (Wildman–Crippen MR) is 96.5 cm³/mol. The highest BCUT2D eigenvalue weighted by Gasteiger charge is 2.37. The van der Waals surface area contributed by atoms with Gasteiger partial charge < -0.3 is 14.7 Å². The summed E-state index contributed by atoms with van der Waals surface area (Å²) in [6.45, 7) is 7.95. The Morgan fingerprint density at radius 3 is 1.88 bits per heavy atom. The molecule has 0 spiro atoms. The minimum Gasteiger partial charge on any atom is -0.480 e. The van der Waals surface area contributed by atoms with E-state index >= 15 is 0 Å². The molecule has 2 amide bonds. The number of likely N-dealkylation sites (N-methyl/N-ethyl adjacent to an activating group) is 2. The van der Waals surface area contributed by atoms with Crippen molar-refractivity contribution < 1.29 is 32.6 Å². The maximum atomic E-state index is 12.6. The highest BCUT2D eigenvalue weighted by molar-refractivity contribution is 7.90. The third-order valence-electron chi connectivity index (χ3n) is 3.74. The first-order valence-electron chi connectivity index (χ1n) is 8.11. The molecule has 0 saturated heterocycles. The Bertz CT molecular complexity index is 639. The molecule has 0 aliphatic heterocycles. The van der Waals surface area contributed by atoms with Gasteiger partial charge in [0, 0.05) is 26.3 Å². The van der Waals surface area contributed by atoms with Crippen LogP contribution in [-0.2, 0) is 24.2 Å². The Hall–Kier alpha value is -1.84. The van der Waals surface area contributed by atoms with Crippen molar-refractivity contribution in [3.05, 3.63) is 0 Å². The molecule has 10 heteroatoms. The van der Waals surface area contributed by atoms with Gasteiger partial charge in [-0.05, 0) is 27.7 Å². The summed E-state index contributed by atoms with van der Waals surface area (Å²) >= 11 is 0. The van der Waals surface area contributed by atoms with Gasteiger partial charge in [-0.15, -0.1) is 0 Å². The predicted octanol–water partition coefficient (Wildman–Crippen LogP) is 0.834. The lowest BCUT2D eigenvalue weighted by Gasteiger charge is -2.34. The van der Waals surface area contributed by atoms with Crippen molar-refractivity contribution >= 4 is 27.8 Å². The zero-order chi connectivity index (χ0) is 21.0. The number of hydrogen-bond donors (Lipinski definition) is 1. The van der Waals surface area contributed by atoms with E-state index in [2.05, 4.69) is 0 Å². The van der Waals surface area contributed by atoms with E-state index in [-0.39, 0.29) is 5.75 Å². The fraction of sp³-hybridized carbons (Fsp3) is 0.812. The molecule has 3 atom stereocenters. The van der Waals surface area contributed by atoms with Crippen LogP contribution in [-0.4, -0.2) is 85.1 Å². The molecule has 152 valence electrons. The molecule has 0 fully saturated rings. The second-order valence-corrected chi connectivity index (χ2v) is 9.75. The number of amides is 2. The molecule has 0 unspecified atom stereocenters. The van der Waals surface area contributed by atoms with E-state index in [1.165, 1.54) is 27.9 Å². The van der Waals surface area contributed by atoms with Crippen LogP contribution >= 0.6 is 0 Å². The Morgan fingerprint density at radius 2 is 1.54 bits per heavy atom. The largest absolute Gasteiger partial charge is 0.480 e. The molecule has 0 aromatic carbocycles. The van der Waals surface area contributed by atoms with Crippen LogP contribution in [0.1, 0.15) is 34.6 Å². The SMILES string of the molecule is C[C@H](CS(C)(=O)=O)[C@@H](C(=O)O)N(C)C(=O)[C@@H](C)N(C)C(=O)OC(C)(C)C. The third kappa shape index (κ3) is 7.59. The number of carbonyl (C=O) groups is 3. The van der Waals surface area contributed by atoms with E-state index < -0.39 is 51.4 Å². The Labute approximate surface area is 155 Å². The van der Waals surface area contributed by atoms with E-state index in [0.29, 0.717) is 0 Å². The molecule has 0 rings (SSSR count). The zero-order valence-electron chi connectivity index (χ0n) is 16.6. The fourth-order valence-corrected chi connectivity index (χ4v) is 3.59. The molecular weight excluding hydrogens is 364 g/mol. The molecule has 0 aliphatic rings. The molecule has 0 radical (unpaired) electrons. The number of rotatable bonds is 7. The van der Waals surface area contributed by atoms with Crippen LogP contribution in [0.2, 0.25) is 0 Å². The van der Waals surface area contributed by atoms with Gasteiger partial charge in [0.1, 0.15) is 27.5 Å². The van der Waals surface area contributed by atoms with E-state index in [9.17, 15) is 27.9 Å². The van der Waals surface area contributed by atoms with Gasteiger partial charge in [-0.1, -0.05) is 6.92 Å². The van der Waals surface area contributed by atoms with Crippen molar-refractivity contribution in [2.24, 2.45) is 5.92 Å². The fourth-order valence-electron chi connectivity index (χ4n) is 2.45. The minimum absolute atomic E-state index is 0.377. The standard InChI is InChI=1S/C16H30N2O7S/c1-10(9-26(8,23)24)12(14(20)21)18(7)13(19)11(2)17(6)15(22)25-16(3,4)5/h10-12H,9H2,1-8H3,(H,20,21)/t10-,11-,12+/m1/s1. The molecule has 1 N–H and O–H groups in total. The molecule has 0 bridgehead atoms. The number of nitrogens with zero attached hydrogens (tertiary/aromatic N) is 2. The highest BCUT2D eigenvalue weighted by Crippen LogP contribution is 2.16. The van der Waals surface area contributed by atoms with Crippen LogP contribution < -0.4 is 0 Å². The summed E-state index contributed by atoms with van der Waals surface area (Å²) in [5, 5.41) is 9.45. The van der Waals surface area contributed by atoms with Crippen LogP contribution in [0.15, 0.2) is 0 Å². The van der Waals surface area contributed by atoms with Crippen molar-refractivity contribution in [1.29, 1.82) is 0 Å². The van der Waals surface area contributed by atoms with Crippen LogP contribution in [0.25, 0.3) is 0 Å². The summed E-state index contributed by atoms with van der Waals surface area (Å²) in [6.07, 6.45) is 0.283. The zero-order valence-corrected chi connectivity index (χ0v) is 17.5. The first kappa shape index (κ1) is 24.2. The normalized spacial score (nSPS) is 15.5. The first-order chi connectivity index (χ1) is 11.5. The van der Waals surface area contributed by atoms with Crippen molar-refractivity contribution in [2.75, 3.05) is 26.1 Å². The smallest absolute Gasteiger partial charge is 0.410 e. The van der Waals surface area contributed by atoms with Gasteiger partial charge in [-0.2, -0.15) is 0 Å². The summed E-state index contributed by atoms with van der Waals surface area (Å²) in [5.74, 6) is -3.15. The minimum atomic E-state index is -3.42. The maximum absolute atomic E-state index is 12.6. The Balaban J connectivity index is 5.35. The summed E-state index contributed by atoms with van der Waals surface area (Å²) in [5.41, 5.74) is -0.742. The van der Waals surface area contributed by atoms with Crippen LogP contribution in [0, 0.1) is 5.92 Å². The molecular formula is C16H30N2O7S. The summed E-state index contributed by atoms with van der Waals surface area (Å²) in [4.78, 5) is 38.4. The molecule has 0 saturated carbocycles. The number of hydrogen-bond acceptors (Lipinski definition) is 6. The number of ether oxygens (including phenoxy) is 1. The Morgan fingerprint density at radius 1 is 1.08 bits per heavy atom. The van der Waals surface area contributed by atoms with Crippen molar-refractivity contribution in [1.82, 2.24) is 9.80 Å². The number of carboxylic acid groups (broad SMARTS) is 1. The summed E-state index contributed by atoms with van der Waals surface area (Å²) in [6, 6.07) is -2.33. The lowest BCUT2D eigenvalue weighted by molar-refractivity contribution is -0.152. The molecule has 0 aromatic rings. The van der Waals surface area contributed by atoms with E-state index in [4.69, 9.17) is 4.74 Å². The highest BCUT2D eigenvalue weighted by atomic mass is 32.2. The third-order valence-corrected chi connectivity index (χ3v) is 4.87. The monoisotopic (exact) mass is 394 g/mol. The van der Waals surface area contributed by atoms with Crippen molar-refractivity contribution in [3.63, 3.8) is 0 Å². The van der Waals surface area contributed by atoms with Gasteiger partial charge in [0.2, 0.25) is 5.91 Å². The van der Waals surface area contributed by atoms with E-state index in [0.717, 1.165) is 16.1 Å². The van der Waals surface area contributed by atoms with E-state index in [1.54, 1.807) is 20.8 Å². The molecule has 26 heavy (non-hydrogen) atoms. The van der Waals surface area contributed by atoms with Crippen LogP contribution in [0.4, 0.5) is 4.79 Å². The topological polar surface area (TPSA) is 121 Å². The van der Waals surface area contributed by atoms with Crippen molar-refractivity contribution in [2.45, 2.75) is 52.3 Å². The van der Waals surface area contributed by atoms with Crippen LogP contribution in [0.5, 0.6) is 0 Å². The number of carbonyl (C=O) groups excluding carboxylic acids is 2. The molecule has 0 aliphatic carbocycles. The lowest BCUT2D eigenvalue weighted by atomic mass is 10.0. The van der Waals surface area contributed by atoms with Gasteiger partial charge >= 0.3 is 12.1 Å². The molecule has 0 heterocycles. The number of aliphatic carboxylic acids is 1. The van der Waals surface area contributed by atoms with E-state index in [1.807, 2.05) is 0 Å². The number of carboxylic acids is 1. The lowest BCUT2D eigenvalue weighted by Crippen LogP contribution is -2.54. The first-order valence-corrected chi connectivity index (χ1v) is 10.2. The van der Waals surface area contributed by atoms with Gasteiger partial charge in [-0.25, -0.2) is 18.0 Å². The maximum Gasteiger partial charge on any atom is 0.410 e. The van der Waals surface area contributed by atoms with Gasteiger partial charge in [0.25, 0.3) is 0 Å². The Kier molecular flexibility index (Phi) is 8.08. The van der Waals surface area contributed by atoms with Crippen molar-refractivity contribution in [3.8, 4) is 0 Å². The molecule has 0 aromatic heterocycles. The second kappa shape index (κ2) is 8.70. The van der Waals surface area contributed by atoms with Crippen LogP contribution in [0.3, 0.4) is 0 Å². The average molecular weight is 394 g/mol. The van der Waals surface area contributed by atoms with Gasteiger partial charge in [-0.3, -0.25) is 9.69 Å². The van der Waals surface area contributed by atoms with Gasteiger partial charge in [0.05, 0.1) is 5.75 Å². The quantitative estimate of drug-likeness (QED) is 0.679. The molecule has 9 nitrogen and oxygen atoms in total. The number of sulfone groups is 1. The second-order valence-electron chi connectivity index (χ2n) is 7.57. The summed E-state index contributed by atoms with van der Waals surface area (Å²) in [7, 11) is -0.765. The summed E-state index contributed by atoms with van der Waals surface area (Å²) < 4.78 is 28.1.